The van der Waals surface area contributed by atoms with Crippen LogP contribution in [0.4, 0.5) is 0 Å². The summed E-state index contributed by atoms with van der Waals surface area (Å²) in [7, 11) is 0. The minimum Gasteiger partial charge on any atom is -0.493 e. The Morgan fingerprint density at radius 1 is 1.47 bits per heavy atom. The lowest BCUT2D eigenvalue weighted by atomic mass is 10.0. The molecule has 15 heavy (non-hydrogen) atoms. The molecule has 0 unspecified atom stereocenters. The third-order valence-corrected chi connectivity index (χ3v) is 2.11. The molecular weight excluding hydrogens is 192 g/mol. The van der Waals surface area contributed by atoms with Crippen molar-refractivity contribution < 1.29 is 14.6 Å². The lowest BCUT2D eigenvalue weighted by Gasteiger charge is -2.08. The fourth-order valence-electron chi connectivity index (χ4n) is 1.22. The second-order valence-corrected chi connectivity index (χ2v) is 3.72. The molecule has 0 amide bonds. The maximum atomic E-state index is 10.3. The number of rotatable bonds is 5. The zero-order valence-corrected chi connectivity index (χ0v) is 9.06. The van der Waals surface area contributed by atoms with Crippen LogP contribution in [0.3, 0.4) is 0 Å². The largest absolute Gasteiger partial charge is 0.493 e. The molecule has 0 atom stereocenters. The van der Waals surface area contributed by atoms with Gasteiger partial charge in [0.05, 0.1) is 13.0 Å². The van der Waals surface area contributed by atoms with Crippen molar-refractivity contribution in [3.05, 3.63) is 29.8 Å². The Morgan fingerprint density at radius 3 is 2.80 bits per heavy atom. The van der Waals surface area contributed by atoms with Gasteiger partial charge in [-0.3, -0.25) is 4.79 Å². The summed E-state index contributed by atoms with van der Waals surface area (Å²) >= 11 is 0. The van der Waals surface area contributed by atoms with E-state index >= 15 is 0 Å². The van der Waals surface area contributed by atoms with Gasteiger partial charge in [0, 0.05) is 0 Å². The summed E-state index contributed by atoms with van der Waals surface area (Å²) in [4.78, 5) is 10.3. The Morgan fingerprint density at radius 2 is 2.20 bits per heavy atom. The van der Waals surface area contributed by atoms with Gasteiger partial charge in [-0.05, 0) is 23.6 Å². The van der Waals surface area contributed by atoms with E-state index in [0.717, 1.165) is 5.75 Å². The molecule has 0 radical (unpaired) electrons. The summed E-state index contributed by atoms with van der Waals surface area (Å²) in [6, 6.07) is 7.75. The number of ether oxygens (including phenoxy) is 1. The second kappa shape index (κ2) is 5.39. The van der Waals surface area contributed by atoms with Crippen molar-refractivity contribution in [3.8, 4) is 5.75 Å². The van der Waals surface area contributed by atoms with E-state index in [4.69, 9.17) is 9.84 Å². The van der Waals surface area contributed by atoms with E-state index in [1.165, 1.54) is 5.56 Å². The lowest BCUT2D eigenvalue weighted by Crippen LogP contribution is -2.04. The molecule has 0 aliphatic heterocycles. The molecule has 1 aromatic carbocycles. The number of benzene rings is 1. The number of carboxylic acids is 1. The fraction of sp³-hybridized carbons (Fsp3) is 0.417. The van der Waals surface area contributed by atoms with Gasteiger partial charge >= 0.3 is 5.97 Å². The molecule has 82 valence electrons. The first-order chi connectivity index (χ1) is 7.09. The van der Waals surface area contributed by atoms with Crippen molar-refractivity contribution in [1.29, 1.82) is 0 Å². The summed E-state index contributed by atoms with van der Waals surface area (Å²) in [5.41, 5.74) is 1.20. The minimum absolute atomic E-state index is 0.0336. The Kier molecular flexibility index (Phi) is 4.16. The standard InChI is InChI=1S/C12H16O3/c1-9(2)10-4-3-5-11(8-10)15-7-6-12(13)14/h3-5,8-9H,6-7H2,1-2H3,(H,13,14). The molecular formula is C12H16O3. The van der Waals surface area contributed by atoms with Crippen LogP contribution < -0.4 is 4.74 Å². The van der Waals surface area contributed by atoms with Gasteiger partial charge in [0.1, 0.15) is 5.75 Å². The van der Waals surface area contributed by atoms with Crippen molar-refractivity contribution >= 4 is 5.97 Å². The number of carboxylic acid groups (broad SMARTS) is 1. The summed E-state index contributed by atoms with van der Waals surface area (Å²) in [5.74, 6) is 0.352. The van der Waals surface area contributed by atoms with Crippen LogP contribution in [0.2, 0.25) is 0 Å². The molecule has 0 spiro atoms. The zero-order valence-electron chi connectivity index (χ0n) is 9.06. The van der Waals surface area contributed by atoms with Crippen LogP contribution >= 0.6 is 0 Å². The molecule has 1 rings (SSSR count). The van der Waals surface area contributed by atoms with Crippen LogP contribution in [0.15, 0.2) is 24.3 Å². The molecule has 0 fully saturated rings. The summed E-state index contributed by atoms with van der Waals surface area (Å²) < 4.78 is 5.33. The smallest absolute Gasteiger partial charge is 0.306 e. The topological polar surface area (TPSA) is 46.5 Å². The van der Waals surface area contributed by atoms with E-state index in [2.05, 4.69) is 13.8 Å². The third kappa shape index (κ3) is 4.02. The van der Waals surface area contributed by atoms with E-state index in [0.29, 0.717) is 5.92 Å². The monoisotopic (exact) mass is 208 g/mol. The number of aliphatic carboxylic acids is 1. The van der Waals surface area contributed by atoms with Crippen LogP contribution in [0.1, 0.15) is 31.7 Å². The van der Waals surface area contributed by atoms with E-state index in [-0.39, 0.29) is 13.0 Å². The molecule has 0 aliphatic rings. The summed E-state index contributed by atoms with van der Waals surface area (Å²) in [6.45, 7) is 4.43. The van der Waals surface area contributed by atoms with Gasteiger partial charge in [-0.15, -0.1) is 0 Å². The summed E-state index contributed by atoms with van der Waals surface area (Å²) in [6.07, 6.45) is 0.0336. The average molecular weight is 208 g/mol. The zero-order chi connectivity index (χ0) is 11.3. The van der Waals surface area contributed by atoms with Crippen LogP contribution in [-0.2, 0) is 4.79 Å². The first-order valence-electron chi connectivity index (χ1n) is 5.04. The Labute approximate surface area is 89.7 Å². The van der Waals surface area contributed by atoms with Crippen molar-refractivity contribution in [2.24, 2.45) is 0 Å². The highest BCUT2D eigenvalue weighted by atomic mass is 16.5. The van der Waals surface area contributed by atoms with Gasteiger partial charge in [0.2, 0.25) is 0 Å². The van der Waals surface area contributed by atoms with E-state index in [9.17, 15) is 4.79 Å². The maximum absolute atomic E-state index is 10.3. The molecule has 0 saturated heterocycles. The molecule has 3 heteroatoms. The molecule has 3 nitrogen and oxygen atoms in total. The quantitative estimate of drug-likeness (QED) is 0.809. The molecule has 1 N–H and O–H groups in total. The van der Waals surface area contributed by atoms with Crippen LogP contribution in [-0.4, -0.2) is 17.7 Å². The van der Waals surface area contributed by atoms with Crippen molar-refractivity contribution in [1.82, 2.24) is 0 Å². The van der Waals surface area contributed by atoms with Crippen LogP contribution in [0, 0.1) is 0 Å². The van der Waals surface area contributed by atoms with Crippen LogP contribution in [0.25, 0.3) is 0 Å². The average Bonchev–Trinajstić information content (AvgIpc) is 2.17. The van der Waals surface area contributed by atoms with E-state index in [1.807, 2.05) is 24.3 Å². The van der Waals surface area contributed by atoms with Crippen molar-refractivity contribution in [2.75, 3.05) is 6.61 Å². The summed E-state index contributed by atoms with van der Waals surface area (Å²) in [5, 5.41) is 8.45. The molecule has 0 heterocycles. The van der Waals surface area contributed by atoms with E-state index < -0.39 is 5.97 Å². The molecule has 0 aliphatic carbocycles. The molecule has 0 bridgehead atoms. The van der Waals surface area contributed by atoms with Gasteiger partial charge < -0.3 is 9.84 Å². The van der Waals surface area contributed by atoms with E-state index in [1.54, 1.807) is 0 Å². The fourth-order valence-corrected chi connectivity index (χ4v) is 1.22. The normalized spacial score (nSPS) is 10.3. The van der Waals surface area contributed by atoms with Gasteiger partial charge in [0.25, 0.3) is 0 Å². The third-order valence-electron chi connectivity index (χ3n) is 2.11. The van der Waals surface area contributed by atoms with Gasteiger partial charge in [-0.1, -0.05) is 26.0 Å². The number of carbonyl (C=O) groups is 1. The van der Waals surface area contributed by atoms with Crippen molar-refractivity contribution in [3.63, 3.8) is 0 Å². The van der Waals surface area contributed by atoms with Gasteiger partial charge in [-0.25, -0.2) is 0 Å². The Bertz CT molecular complexity index is 331. The second-order valence-electron chi connectivity index (χ2n) is 3.72. The highest BCUT2D eigenvalue weighted by molar-refractivity contribution is 5.66. The van der Waals surface area contributed by atoms with Crippen LogP contribution in [0.5, 0.6) is 5.75 Å². The van der Waals surface area contributed by atoms with Gasteiger partial charge in [-0.2, -0.15) is 0 Å². The minimum atomic E-state index is -0.838. The Balaban J connectivity index is 2.54. The van der Waals surface area contributed by atoms with Crippen molar-refractivity contribution in [2.45, 2.75) is 26.2 Å². The number of hydrogen-bond acceptors (Lipinski definition) is 2. The van der Waals surface area contributed by atoms with Gasteiger partial charge in [0.15, 0.2) is 0 Å². The predicted molar refractivity (Wildman–Crippen MR) is 58.3 cm³/mol. The predicted octanol–water partition coefficient (Wildman–Crippen LogP) is 2.66. The number of hydrogen-bond donors (Lipinski definition) is 1. The maximum Gasteiger partial charge on any atom is 0.306 e. The highest BCUT2D eigenvalue weighted by Crippen LogP contribution is 2.20. The Hall–Kier alpha value is -1.51. The first kappa shape index (κ1) is 11.6. The molecule has 0 aromatic heterocycles. The molecule has 0 saturated carbocycles. The molecule has 1 aromatic rings. The lowest BCUT2D eigenvalue weighted by molar-refractivity contribution is -0.137. The SMILES string of the molecule is CC(C)c1cccc(OCCC(=O)O)c1. The first-order valence-corrected chi connectivity index (χ1v) is 5.04. The highest BCUT2D eigenvalue weighted by Gasteiger charge is 2.02.